The summed E-state index contributed by atoms with van der Waals surface area (Å²) in [6, 6.07) is 7.98. The molecule has 26 heavy (non-hydrogen) atoms. The van der Waals surface area contributed by atoms with E-state index in [1.165, 1.54) is 10.6 Å². The minimum absolute atomic E-state index is 0.0268. The van der Waals surface area contributed by atoms with Crippen LogP contribution in [-0.4, -0.2) is 75.7 Å². The molecular formula is C18H27N3O4S. The molecule has 1 saturated heterocycles. The summed E-state index contributed by atoms with van der Waals surface area (Å²) in [5.74, 6) is 0.861. The van der Waals surface area contributed by atoms with Gasteiger partial charge in [0, 0.05) is 45.2 Å². The van der Waals surface area contributed by atoms with Crippen LogP contribution >= 0.6 is 0 Å². The van der Waals surface area contributed by atoms with Gasteiger partial charge in [-0.2, -0.15) is 4.31 Å². The van der Waals surface area contributed by atoms with Crippen LogP contribution in [0.4, 0.5) is 5.69 Å². The normalized spacial score (nSPS) is 18.3. The van der Waals surface area contributed by atoms with Crippen LogP contribution in [0.15, 0.2) is 24.3 Å². The van der Waals surface area contributed by atoms with Crippen molar-refractivity contribution in [3.8, 4) is 5.75 Å². The largest absolute Gasteiger partial charge is 0.495 e. The highest BCUT2D eigenvalue weighted by atomic mass is 32.2. The van der Waals surface area contributed by atoms with Crippen molar-refractivity contribution in [1.29, 1.82) is 0 Å². The third-order valence-electron chi connectivity index (χ3n) is 4.98. The number of sulfonamides is 1. The van der Waals surface area contributed by atoms with Gasteiger partial charge in [0.15, 0.2) is 0 Å². The Morgan fingerprint density at radius 3 is 2.42 bits per heavy atom. The maximum atomic E-state index is 12.5. The van der Waals surface area contributed by atoms with Crippen LogP contribution in [0.5, 0.6) is 5.75 Å². The molecule has 0 N–H and O–H groups in total. The lowest BCUT2D eigenvalue weighted by Gasteiger charge is -2.37. The average Bonchev–Trinajstić information content (AvgIpc) is 3.45. The molecule has 1 heterocycles. The summed E-state index contributed by atoms with van der Waals surface area (Å²) in [5, 5.41) is 0. The third-order valence-corrected chi connectivity index (χ3v) is 6.32. The van der Waals surface area contributed by atoms with E-state index in [-0.39, 0.29) is 24.9 Å². The Hall–Kier alpha value is -1.80. The number of hydrogen-bond donors (Lipinski definition) is 0. The molecule has 0 radical (unpaired) electrons. The molecule has 8 heteroatoms. The molecule has 1 aromatic rings. The van der Waals surface area contributed by atoms with Gasteiger partial charge in [-0.15, -0.1) is 0 Å². The van der Waals surface area contributed by atoms with Gasteiger partial charge in [0.25, 0.3) is 0 Å². The quantitative estimate of drug-likeness (QED) is 0.709. The zero-order valence-electron chi connectivity index (χ0n) is 15.4. The van der Waals surface area contributed by atoms with E-state index >= 15 is 0 Å². The Labute approximate surface area is 155 Å². The van der Waals surface area contributed by atoms with E-state index in [2.05, 4.69) is 4.90 Å². The van der Waals surface area contributed by atoms with E-state index in [9.17, 15) is 13.2 Å². The smallest absolute Gasteiger partial charge is 0.224 e. The average molecular weight is 381 g/mol. The zero-order chi connectivity index (χ0) is 18.7. The second-order valence-corrected chi connectivity index (χ2v) is 8.83. The number of benzene rings is 1. The third kappa shape index (κ3) is 4.48. The zero-order valence-corrected chi connectivity index (χ0v) is 16.2. The van der Waals surface area contributed by atoms with Gasteiger partial charge < -0.3 is 14.5 Å². The van der Waals surface area contributed by atoms with Gasteiger partial charge in [-0.1, -0.05) is 12.1 Å². The Morgan fingerprint density at radius 2 is 1.85 bits per heavy atom. The van der Waals surface area contributed by atoms with E-state index in [0.717, 1.165) is 37.4 Å². The number of rotatable bonds is 7. The first-order valence-electron chi connectivity index (χ1n) is 9.02. The lowest BCUT2D eigenvalue weighted by Crippen LogP contribution is -2.49. The van der Waals surface area contributed by atoms with E-state index in [1.54, 1.807) is 7.11 Å². The first-order valence-corrected chi connectivity index (χ1v) is 10.9. The standard InChI is InChI=1S/C18H27N3O4S/c1-25-17-6-4-3-5-16(17)19-11-13-20(14-12-19)18(22)9-10-21(15-7-8-15)26(2,23)24/h3-6,15H,7-14H2,1-2H3. The molecule has 1 saturated carbocycles. The lowest BCUT2D eigenvalue weighted by molar-refractivity contribution is -0.131. The summed E-state index contributed by atoms with van der Waals surface area (Å²) in [7, 11) is -1.58. The number of nitrogens with zero attached hydrogens (tertiary/aromatic N) is 3. The minimum atomic E-state index is -3.24. The van der Waals surface area contributed by atoms with Crippen molar-refractivity contribution in [2.24, 2.45) is 0 Å². The molecule has 3 rings (SSSR count). The van der Waals surface area contributed by atoms with Crippen LogP contribution in [-0.2, 0) is 14.8 Å². The number of piperazine rings is 1. The maximum Gasteiger partial charge on any atom is 0.224 e. The van der Waals surface area contributed by atoms with E-state index in [1.807, 2.05) is 29.2 Å². The molecular weight excluding hydrogens is 354 g/mol. The van der Waals surface area contributed by atoms with E-state index in [4.69, 9.17) is 4.74 Å². The second kappa shape index (κ2) is 7.84. The van der Waals surface area contributed by atoms with Crippen LogP contribution in [0.2, 0.25) is 0 Å². The van der Waals surface area contributed by atoms with Crippen molar-refractivity contribution in [2.45, 2.75) is 25.3 Å². The minimum Gasteiger partial charge on any atom is -0.495 e. The predicted octanol–water partition coefficient (Wildman–Crippen LogP) is 1.16. The molecule has 1 amide bonds. The van der Waals surface area contributed by atoms with Crippen molar-refractivity contribution < 1.29 is 17.9 Å². The summed E-state index contributed by atoms with van der Waals surface area (Å²) in [5.41, 5.74) is 1.04. The number of ether oxygens (including phenoxy) is 1. The molecule has 0 unspecified atom stereocenters. The highest BCUT2D eigenvalue weighted by molar-refractivity contribution is 7.88. The van der Waals surface area contributed by atoms with Crippen LogP contribution in [0, 0.1) is 0 Å². The van der Waals surface area contributed by atoms with Crippen LogP contribution < -0.4 is 9.64 Å². The fraction of sp³-hybridized carbons (Fsp3) is 0.611. The topological polar surface area (TPSA) is 70.2 Å². The molecule has 7 nitrogen and oxygen atoms in total. The Morgan fingerprint density at radius 1 is 1.19 bits per heavy atom. The number of carbonyl (C=O) groups is 1. The highest BCUT2D eigenvalue weighted by Gasteiger charge is 2.35. The molecule has 1 aromatic carbocycles. The number of anilines is 1. The fourth-order valence-electron chi connectivity index (χ4n) is 3.43. The molecule has 0 spiro atoms. The van der Waals surface area contributed by atoms with Crippen LogP contribution in [0.1, 0.15) is 19.3 Å². The molecule has 0 atom stereocenters. The SMILES string of the molecule is COc1ccccc1N1CCN(C(=O)CCN(C2CC2)S(C)(=O)=O)CC1. The Balaban J connectivity index is 1.52. The number of carbonyl (C=O) groups excluding carboxylic acids is 1. The molecule has 1 aliphatic heterocycles. The fourth-order valence-corrected chi connectivity index (χ4v) is 4.61. The lowest BCUT2D eigenvalue weighted by atomic mass is 10.2. The Bertz CT molecular complexity index is 741. The highest BCUT2D eigenvalue weighted by Crippen LogP contribution is 2.30. The van der Waals surface area contributed by atoms with Crippen LogP contribution in [0.25, 0.3) is 0 Å². The molecule has 0 bridgehead atoms. The molecule has 2 fully saturated rings. The van der Waals surface area contributed by atoms with Crippen LogP contribution in [0.3, 0.4) is 0 Å². The summed E-state index contributed by atoms with van der Waals surface area (Å²) >= 11 is 0. The van der Waals surface area contributed by atoms with Crippen molar-refractivity contribution in [3.05, 3.63) is 24.3 Å². The van der Waals surface area contributed by atoms with Crippen molar-refractivity contribution in [3.63, 3.8) is 0 Å². The molecule has 1 aliphatic carbocycles. The predicted molar refractivity (Wildman–Crippen MR) is 101 cm³/mol. The summed E-state index contributed by atoms with van der Waals surface area (Å²) in [6.45, 7) is 3.04. The van der Waals surface area contributed by atoms with Gasteiger partial charge in [-0.25, -0.2) is 8.42 Å². The summed E-state index contributed by atoms with van der Waals surface area (Å²) in [4.78, 5) is 16.6. The number of para-hydroxylation sites is 2. The van der Waals surface area contributed by atoms with Gasteiger partial charge in [-0.05, 0) is 25.0 Å². The molecule has 144 valence electrons. The monoisotopic (exact) mass is 381 g/mol. The van der Waals surface area contributed by atoms with Gasteiger partial charge in [0.05, 0.1) is 19.1 Å². The summed E-state index contributed by atoms with van der Waals surface area (Å²) < 4.78 is 30.6. The second-order valence-electron chi connectivity index (χ2n) is 6.89. The van der Waals surface area contributed by atoms with E-state index in [0.29, 0.717) is 13.1 Å². The number of hydrogen-bond acceptors (Lipinski definition) is 5. The first-order chi connectivity index (χ1) is 12.4. The van der Waals surface area contributed by atoms with E-state index < -0.39 is 10.0 Å². The van der Waals surface area contributed by atoms with Crippen molar-refractivity contribution in [1.82, 2.24) is 9.21 Å². The Kier molecular flexibility index (Phi) is 5.72. The maximum absolute atomic E-state index is 12.5. The number of amides is 1. The van der Waals surface area contributed by atoms with Gasteiger partial charge >= 0.3 is 0 Å². The summed E-state index contributed by atoms with van der Waals surface area (Å²) in [6.07, 6.45) is 3.28. The number of methoxy groups -OCH3 is 1. The van der Waals surface area contributed by atoms with Crippen molar-refractivity contribution >= 4 is 21.6 Å². The van der Waals surface area contributed by atoms with Gasteiger partial charge in [-0.3, -0.25) is 4.79 Å². The van der Waals surface area contributed by atoms with Gasteiger partial charge in [0.1, 0.15) is 5.75 Å². The first kappa shape index (κ1) is 19.0. The van der Waals surface area contributed by atoms with Crippen molar-refractivity contribution in [2.75, 3.05) is 51.0 Å². The van der Waals surface area contributed by atoms with Gasteiger partial charge in [0.2, 0.25) is 15.9 Å². The molecule has 2 aliphatic rings. The molecule has 0 aromatic heterocycles.